The Kier molecular flexibility index (Phi) is 4.64. The first kappa shape index (κ1) is 17.3. The second kappa shape index (κ2) is 6.19. The van der Waals surface area contributed by atoms with Gasteiger partial charge in [-0.25, -0.2) is 13.1 Å². The molecule has 0 spiro atoms. The van der Waals surface area contributed by atoms with Crippen molar-refractivity contribution in [3.63, 3.8) is 0 Å². The summed E-state index contributed by atoms with van der Waals surface area (Å²) in [6, 6.07) is 5.45. The van der Waals surface area contributed by atoms with E-state index in [0.29, 0.717) is 17.0 Å². The maximum absolute atomic E-state index is 12.9. The van der Waals surface area contributed by atoms with E-state index in [4.69, 9.17) is 4.74 Å². The van der Waals surface area contributed by atoms with Gasteiger partial charge in [0.1, 0.15) is 17.2 Å². The zero-order chi connectivity index (χ0) is 17.3. The fourth-order valence-electron chi connectivity index (χ4n) is 2.02. The van der Waals surface area contributed by atoms with Crippen LogP contribution in [0.25, 0.3) is 0 Å². The van der Waals surface area contributed by atoms with Crippen LogP contribution in [-0.2, 0) is 28.8 Å². The van der Waals surface area contributed by atoms with Gasteiger partial charge in [0, 0.05) is 7.05 Å². The van der Waals surface area contributed by atoms with Crippen LogP contribution < -0.4 is 4.74 Å². The molecule has 126 valence electrons. The molecule has 2 aromatic rings. The lowest BCUT2D eigenvalue weighted by Crippen LogP contribution is -2.16. The number of sulfone groups is 1. The Morgan fingerprint density at radius 1 is 1.22 bits per heavy atom. The molecule has 0 amide bonds. The molecule has 0 N–H and O–H groups in total. The van der Waals surface area contributed by atoms with E-state index >= 15 is 0 Å². The fourth-order valence-corrected chi connectivity index (χ4v) is 3.29. The van der Waals surface area contributed by atoms with Crippen LogP contribution in [0.5, 0.6) is 5.75 Å². The molecular formula is C13H14F3N3O3S. The van der Waals surface area contributed by atoms with Crippen molar-refractivity contribution in [2.75, 3.05) is 6.61 Å². The third-order valence-corrected chi connectivity index (χ3v) is 4.63. The van der Waals surface area contributed by atoms with E-state index in [1.54, 1.807) is 6.92 Å². The number of ether oxygens (including phenoxy) is 1. The zero-order valence-corrected chi connectivity index (χ0v) is 13.1. The lowest BCUT2D eigenvalue weighted by atomic mass is 10.3. The molecule has 23 heavy (non-hydrogen) atoms. The SMILES string of the molecule is CCOc1ccc(S(=O)(=O)Cc2nnn(C)c2C(F)(F)F)cc1. The van der Waals surface area contributed by atoms with E-state index in [0.717, 1.165) is 7.05 Å². The molecule has 0 fully saturated rings. The molecule has 0 aliphatic heterocycles. The van der Waals surface area contributed by atoms with Crippen molar-refractivity contribution in [3.05, 3.63) is 35.7 Å². The molecule has 0 unspecified atom stereocenters. The van der Waals surface area contributed by atoms with Gasteiger partial charge in [-0.2, -0.15) is 13.2 Å². The van der Waals surface area contributed by atoms with Crippen molar-refractivity contribution in [1.29, 1.82) is 0 Å². The highest BCUT2D eigenvalue weighted by Gasteiger charge is 2.39. The summed E-state index contributed by atoms with van der Waals surface area (Å²) < 4.78 is 69.1. The van der Waals surface area contributed by atoms with E-state index in [2.05, 4.69) is 10.3 Å². The highest BCUT2D eigenvalue weighted by atomic mass is 32.2. The molecule has 0 atom stereocenters. The van der Waals surface area contributed by atoms with Gasteiger partial charge in [0.05, 0.1) is 11.5 Å². The van der Waals surface area contributed by atoms with Crippen LogP contribution >= 0.6 is 0 Å². The molecule has 10 heteroatoms. The second-order valence-corrected chi connectivity index (χ2v) is 6.66. The number of rotatable bonds is 5. The van der Waals surface area contributed by atoms with Gasteiger partial charge in [0.2, 0.25) is 0 Å². The Labute approximate surface area is 130 Å². The van der Waals surface area contributed by atoms with Crippen LogP contribution in [0.1, 0.15) is 18.3 Å². The Morgan fingerprint density at radius 2 is 1.83 bits per heavy atom. The van der Waals surface area contributed by atoms with Crippen LogP contribution in [0, 0.1) is 0 Å². The minimum Gasteiger partial charge on any atom is -0.494 e. The predicted octanol–water partition coefficient (Wildman–Crippen LogP) is 2.21. The zero-order valence-electron chi connectivity index (χ0n) is 12.3. The molecular weight excluding hydrogens is 335 g/mol. The summed E-state index contributed by atoms with van der Waals surface area (Å²) in [4.78, 5) is -0.111. The minimum atomic E-state index is -4.73. The molecule has 1 aromatic heterocycles. The first-order valence-corrected chi connectivity index (χ1v) is 8.21. The van der Waals surface area contributed by atoms with Crippen LogP contribution in [0.3, 0.4) is 0 Å². The summed E-state index contributed by atoms with van der Waals surface area (Å²) in [6.45, 7) is 2.19. The molecule has 2 rings (SSSR count). The molecule has 1 aromatic carbocycles. The summed E-state index contributed by atoms with van der Waals surface area (Å²) in [5.74, 6) is -0.411. The summed E-state index contributed by atoms with van der Waals surface area (Å²) in [6.07, 6.45) is -4.73. The Hall–Kier alpha value is -2.10. The number of halogens is 3. The average molecular weight is 349 g/mol. The minimum absolute atomic E-state index is 0.111. The first-order valence-electron chi connectivity index (χ1n) is 6.56. The average Bonchev–Trinajstić information content (AvgIpc) is 2.80. The van der Waals surface area contributed by atoms with Gasteiger partial charge < -0.3 is 4.74 Å². The monoisotopic (exact) mass is 349 g/mol. The summed E-state index contributed by atoms with van der Waals surface area (Å²) in [5.41, 5.74) is -1.80. The van der Waals surface area contributed by atoms with Gasteiger partial charge in [0.15, 0.2) is 15.5 Å². The lowest BCUT2D eigenvalue weighted by molar-refractivity contribution is -0.144. The van der Waals surface area contributed by atoms with Crippen LogP contribution in [0.15, 0.2) is 29.2 Å². The van der Waals surface area contributed by atoms with Gasteiger partial charge in [-0.1, -0.05) is 5.21 Å². The molecule has 0 saturated carbocycles. The number of benzene rings is 1. The molecule has 0 saturated heterocycles. The predicted molar refractivity (Wildman–Crippen MR) is 74.5 cm³/mol. The standard InChI is InChI=1S/C13H14F3N3O3S/c1-3-22-9-4-6-10(7-5-9)23(20,21)8-11-12(13(14,15)16)19(2)18-17-11/h4-7H,3,8H2,1-2H3. The van der Waals surface area contributed by atoms with Crippen LogP contribution in [0.2, 0.25) is 0 Å². The fraction of sp³-hybridized carbons (Fsp3) is 0.385. The van der Waals surface area contributed by atoms with Crippen molar-refractivity contribution in [2.24, 2.45) is 7.05 Å². The summed E-state index contributed by atoms with van der Waals surface area (Å²) in [5, 5.41) is 6.59. The van der Waals surface area contributed by atoms with Gasteiger partial charge >= 0.3 is 6.18 Å². The molecule has 1 heterocycles. The Morgan fingerprint density at radius 3 is 2.35 bits per heavy atom. The molecule has 0 radical (unpaired) electrons. The van der Waals surface area contributed by atoms with Crippen molar-refractivity contribution in [3.8, 4) is 5.75 Å². The van der Waals surface area contributed by atoms with Crippen molar-refractivity contribution in [1.82, 2.24) is 15.0 Å². The normalized spacial score (nSPS) is 12.4. The Balaban J connectivity index is 2.32. The van der Waals surface area contributed by atoms with E-state index < -0.39 is 33.2 Å². The Bertz CT molecular complexity index is 783. The lowest BCUT2D eigenvalue weighted by Gasteiger charge is -2.09. The van der Waals surface area contributed by atoms with Gasteiger partial charge in [-0.15, -0.1) is 5.10 Å². The van der Waals surface area contributed by atoms with E-state index in [1.165, 1.54) is 24.3 Å². The first-order chi connectivity index (χ1) is 10.6. The number of hydrogen-bond donors (Lipinski definition) is 0. The van der Waals surface area contributed by atoms with Crippen LogP contribution in [0.4, 0.5) is 13.2 Å². The number of aromatic nitrogens is 3. The van der Waals surface area contributed by atoms with Crippen molar-refractivity contribution >= 4 is 9.84 Å². The molecule has 6 nitrogen and oxygen atoms in total. The van der Waals surface area contributed by atoms with E-state index in [9.17, 15) is 21.6 Å². The summed E-state index contributed by atoms with van der Waals surface area (Å²) in [7, 11) is -2.93. The third kappa shape index (κ3) is 3.81. The smallest absolute Gasteiger partial charge is 0.434 e. The number of aryl methyl sites for hydroxylation is 1. The topological polar surface area (TPSA) is 74.1 Å². The quantitative estimate of drug-likeness (QED) is 0.827. The number of nitrogens with zero attached hydrogens (tertiary/aromatic N) is 3. The molecule has 0 aliphatic carbocycles. The van der Waals surface area contributed by atoms with E-state index in [-0.39, 0.29) is 4.90 Å². The maximum atomic E-state index is 12.9. The van der Waals surface area contributed by atoms with Gasteiger partial charge in [-0.05, 0) is 31.2 Å². The van der Waals surface area contributed by atoms with Crippen LogP contribution in [-0.4, -0.2) is 30.0 Å². The van der Waals surface area contributed by atoms with E-state index in [1.807, 2.05) is 0 Å². The summed E-state index contributed by atoms with van der Waals surface area (Å²) >= 11 is 0. The number of alkyl halides is 3. The number of hydrogen-bond acceptors (Lipinski definition) is 5. The largest absolute Gasteiger partial charge is 0.494 e. The van der Waals surface area contributed by atoms with Gasteiger partial charge in [-0.3, -0.25) is 0 Å². The highest BCUT2D eigenvalue weighted by molar-refractivity contribution is 7.90. The van der Waals surface area contributed by atoms with Crippen molar-refractivity contribution in [2.45, 2.75) is 23.7 Å². The second-order valence-electron chi connectivity index (χ2n) is 4.67. The maximum Gasteiger partial charge on any atom is 0.434 e. The van der Waals surface area contributed by atoms with Crippen molar-refractivity contribution < 1.29 is 26.3 Å². The third-order valence-electron chi connectivity index (χ3n) is 2.99. The molecule has 0 bridgehead atoms. The highest BCUT2D eigenvalue weighted by Crippen LogP contribution is 2.32. The molecule has 0 aliphatic rings. The van der Waals surface area contributed by atoms with Gasteiger partial charge in [0.25, 0.3) is 0 Å².